The van der Waals surface area contributed by atoms with Crippen LogP contribution in [0.4, 0.5) is 10.3 Å². The lowest BCUT2D eigenvalue weighted by atomic mass is 10.0. The Morgan fingerprint density at radius 1 is 1.40 bits per heavy atom. The lowest BCUT2D eigenvalue weighted by Gasteiger charge is -2.21. The van der Waals surface area contributed by atoms with Gasteiger partial charge in [-0.2, -0.15) is 0 Å². The van der Waals surface area contributed by atoms with Gasteiger partial charge in [0, 0.05) is 6.04 Å². The van der Waals surface area contributed by atoms with Gasteiger partial charge in [-0.15, -0.1) is 0 Å². The van der Waals surface area contributed by atoms with Crippen molar-refractivity contribution in [2.24, 2.45) is 11.7 Å². The molecule has 0 aliphatic heterocycles. The molecule has 0 bridgehead atoms. The predicted octanol–water partition coefficient (Wildman–Crippen LogP) is 1.40. The molecule has 1 aromatic rings. The Kier molecular flexibility index (Phi) is 4.42. The van der Waals surface area contributed by atoms with Gasteiger partial charge in [-0.05, 0) is 18.9 Å². The molecule has 4 nitrogen and oxygen atoms in total. The molecule has 15 heavy (non-hydrogen) atoms. The first kappa shape index (κ1) is 11.8. The van der Waals surface area contributed by atoms with E-state index in [9.17, 15) is 4.39 Å². The summed E-state index contributed by atoms with van der Waals surface area (Å²) >= 11 is 0. The first-order valence-corrected chi connectivity index (χ1v) is 5.07. The van der Waals surface area contributed by atoms with E-state index in [0.717, 1.165) is 18.8 Å². The number of halogens is 1. The Bertz CT molecular complexity index is 286. The molecule has 1 unspecified atom stereocenters. The second-order valence-corrected chi connectivity index (χ2v) is 3.80. The van der Waals surface area contributed by atoms with E-state index in [0.29, 0.717) is 18.4 Å². The third-order valence-electron chi connectivity index (χ3n) is 2.22. The van der Waals surface area contributed by atoms with Crippen molar-refractivity contribution in [2.45, 2.75) is 26.3 Å². The maximum absolute atomic E-state index is 12.6. The second-order valence-electron chi connectivity index (χ2n) is 3.80. The number of anilines is 1. The van der Waals surface area contributed by atoms with Gasteiger partial charge in [0.05, 0.1) is 12.4 Å². The van der Waals surface area contributed by atoms with Gasteiger partial charge >= 0.3 is 0 Å². The summed E-state index contributed by atoms with van der Waals surface area (Å²) in [6.07, 6.45) is 3.14. The summed E-state index contributed by atoms with van der Waals surface area (Å²) in [7, 11) is 0. The summed E-state index contributed by atoms with van der Waals surface area (Å²) in [5, 5.41) is 3.14. The zero-order chi connectivity index (χ0) is 11.3. The molecule has 0 radical (unpaired) electrons. The molecule has 1 atom stereocenters. The molecule has 1 heterocycles. The van der Waals surface area contributed by atoms with Crippen LogP contribution in [0.2, 0.25) is 0 Å². The van der Waals surface area contributed by atoms with Crippen molar-refractivity contribution in [3.8, 4) is 0 Å². The van der Waals surface area contributed by atoms with Gasteiger partial charge in [-0.3, -0.25) is 0 Å². The lowest BCUT2D eigenvalue weighted by Crippen LogP contribution is -2.29. The number of hydrogen-bond donors (Lipinski definition) is 2. The molecule has 0 saturated heterocycles. The van der Waals surface area contributed by atoms with Crippen molar-refractivity contribution in [2.75, 3.05) is 11.9 Å². The molecule has 0 aromatic carbocycles. The van der Waals surface area contributed by atoms with Crippen molar-refractivity contribution < 1.29 is 4.39 Å². The van der Waals surface area contributed by atoms with Crippen molar-refractivity contribution in [1.29, 1.82) is 0 Å². The van der Waals surface area contributed by atoms with Crippen LogP contribution in [0.25, 0.3) is 0 Å². The fourth-order valence-corrected chi connectivity index (χ4v) is 1.30. The molecule has 3 N–H and O–H groups in total. The predicted molar refractivity (Wildman–Crippen MR) is 57.9 cm³/mol. The van der Waals surface area contributed by atoms with Crippen LogP contribution in [0.1, 0.15) is 20.3 Å². The molecule has 0 amide bonds. The van der Waals surface area contributed by atoms with E-state index in [-0.39, 0.29) is 6.04 Å². The summed E-state index contributed by atoms with van der Waals surface area (Å²) < 4.78 is 12.6. The molecule has 1 rings (SSSR count). The Balaban J connectivity index is 2.61. The Morgan fingerprint density at radius 2 is 2.00 bits per heavy atom. The average molecular weight is 212 g/mol. The van der Waals surface area contributed by atoms with Gasteiger partial charge in [0.15, 0.2) is 5.82 Å². The fourth-order valence-electron chi connectivity index (χ4n) is 1.30. The second kappa shape index (κ2) is 5.60. The number of aromatic nitrogens is 2. The Hall–Kier alpha value is -1.23. The fraction of sp³-hybridized carbons (Fsp3) is 0.600. The van der Waals surface area contributed by atoms with E-state index < -0.39 is 5.82 Å². The standard InChI is InChI=1S/C10H17FN4/c1-7(2)9(3-4-12)15-10-13-5-8(11)6-14-10/h5-7,9H,3-4,12H2,1-2H3,(H,13,14,15). The Labute approximate surface area is 89.1 Å². The highest BCUT2D eigenvalue weighted by Crippen LogP contribution is 2.10. The van der Waals surface area contributed by atoms with Crippen molar-refractivity contribution in [3.63, 3.8) is 0 Å². The van der Waals surface area contributed by atoms with Gasteiger partial charge < -0.3 is 11.1 Å². The number of nitrogens with zero attached hydrogens (tertiary/aromatic N) is 2. The molecule has 0 saturated carbocycles. The van der Waals surface area contributed by atoms with Gasteiger partial charge in [0.25, 0.3) is 0 Å². The molecule has 5 heteroatoms. The van der Waals surface area contributed by atoms with E-state index in [1.807, 2.05) is 0 Å². The molecular formula is C10H17FN4. The van der Waals surface area contributed by atoms with Gasteiger partial charge in [0.1, 0.15) is 0 Å². The molecule has 1 aromatic heterocycles. The zero-order valence-electron chi connectivity index (χ0n) is 9.07. The number of nitrogens with one attached hydrogen (secondary N) is 1. The van der Waals surface area contributed by atoms with E-state index >= 15 is 0 Å². The lowest BCUT2D eigenvalue weighted by molar-refractivity contribution is 0.495. The normalized spacial score (nSPS) is 12.9. The van der Waals surface area contributed by atoms with Gasteiger partial charge in [-0.25, -0.2) is 14.4 Å². The maximum Gasteiger partial charge on any atom is 0.223 e. The number of nitrogens with two attached hydrogens (primary N) is 1. The van der Waals surface area contributed by atoms with Crippen LogP contribution in [-0.2, 0) is 0 Å². The highest BCUT2D eigenvalue weighted by molar-refractivity contribution is 5.24. The van der Waals surface area contributed by atoms with Crippen LogP contribution in [0.3, 0.4) is 0 Å². The third kappa shape index (κ3) is 3.79. The summed E-state index contributed by atoms with van der Waals surface area (Å²) in [6, 6.07) is 0.223. The smallest absolute Gasteiger partial charge is 0.223 e. The number of hydrogen-bond acceptors (Lipinski definition) is 4. The first-order chi connectivity index (χ1) is 7.13. The van der Waals surface area contributed by atoms with Crippen molar-refractivity contribution >= 4 is 5.95 Å². The van der Waals surface area contributed by atoms with E-state index in [4.69, 9.17) is 5.73 Å². The minimum atomic E-state index is -0.430. The van der Waals surface area contributed by atoms with E-state index in [1.165, 1.54) is 0 Å². The molecule has 0 aliphatic rings. The van der Waals surface area contributed by atoms with Crippen LogP contribution in [0, 0.1) is 11.7 Å². The first-order valence-electron chi connectivity index (χ1n) is 5.07. The van der Waals surface area contributed by atoms with E-state index in [2.05, 4.69) is 29.1 Å². The molecule has 0 spiro atoms. The largest absolute Gasteiger partial charge is 0.351 e. The zero-order valence-corrected chi connectivity index (χ0v) is 9.07. The maximum atomic E-state index is 12.6. The Morgan fingerprint density at radius 3 is 2.47 bits per heavy atom. The van der Waals surface area contributed by atoms with E-state index in [1.54, 1.807) is 0 Å². The summed E-state index contributed by atoms with van der Waals surface area (Å²) in [4.78, 5) is 7.69. The number of rotatable bonds is 5. The van der Waals surface area contributed by atoms with Crippen molar-refractivity contribution in [3.05, 3.63) is 18.2 Å². The minimum Gasteiger partial charge on any atom is -0.351 e. The average Bonchev–Trinajstić information content (AvgIpc) is 2.20. The van der Waals surface area contributed by atoms with Crippen LogP contribution in [-0.4, -0.2) is 22.6 Å². The molecule has 0 aliphatic carbocycles. The monoisotopic (exact) mass is 212 g/mol. The van der Waals surface area contributed by atoms with Crippen LogP contribution in [0.5, 0.6) is 0 Å². The third-order valence-corrected chi connectivity index (χ3v) is 2.22. The molecular weight excluding hydrogens is 195 g/mol. The summed E-state index contributed by atoms with van der Waals surface area (Å²) in [5.74, 6) is 0.450. The summed E-state index contributed by atoms with van der Waals surface area (Å²) in [5.41, 5.74) is 5.50. The van der Waals surface area contributed by atoms with Crippen LogP contribution < -0.4 is 11.1 Å². The topological polar surface area (TPSA) is 63.8 Å². The SMILES string of the molecule is CC(C)C(CCN)Nc1ncc(F)cn1. The summed E-state index contributed by atoms with van der Waals surface area (Å²) in [6.45, 7) is 4.80. The molecule has 0 fully saturated rings. The molecule has 84 valence electrons. The van der Waals surface area contributed by atoms with Gasteiger partial charge in [-0.1, -0.05) is 13.8 Å². The highest BCUT2D eigenvalue weighted by Gasteiger charge is 2.13. The minimum absolute atomic E-state index is 0.223. The highest BCUT2D eigenvalue weighted by atomic mass is 19.1. The quantitative estimate of drug-likeness (QED) is 0.774. The van der Waals surface area contributed by atoms with Gasteiger partial charge in [0.2, 0.25) is 5.95 Å². The van der Waals surface area contributed by atoms with Crippen LogP contribution >= 0.6 is 0 Å². The van der Waals surface area contributed by atoms with Crippen LogP contribution in [0.15, 0.2) is 12.4 Å². The van der Waals surface area contributed by atoms with Crippen molar-refractivity contribution in [1.82, 2.24) is 9.97 Å².